The van der Waals surface area contributed by atoms with Crippen LogP contribution in [0.3, 0.4) is 0 Å². The molecule has 1 N–H and O–H groups in total. The number of urea groups is 1. The lowest BCUT2D eigenvalue weighted by Gasteiger charge is -2.19. The second-order valence-corrected chi connectivity index (χ2v) is 7.44. The van der Waals surface area contributed by atoms with Crippen LogP contribution in [0.5, 0.6) is 0 Å². The van der Waals surface area contributed by atoms with E-state index in [1.807, 2.05) is 5.38 Å². The first-order valence-corrected chi connectivity index (χ1v) is 9.52. The molecule has 0 bridgehead atoms. The van der Waals surface area contributed by atoms with Gasteiger partial charge in [0.2, 0.25) is 11.7 Å². The Morgan fingerprint density at radius 3 is 2.67 bits per heavy atom. The molecule has 3 heterocycles. The maximum absolute atomic E-state index is 12.4. The third-order valence-electron chi connectivity index (χ3n) is 3.90. The minimum Gasteiger partial charge on any atom is -0.337 e. The number of pyridine rings is 1. The zero-order valence-electron chi connectivity index (χ0n) is 15.7. The molecule has 0 spiro atoms. The summed E-state index contributed by atoms with van der Waals surface area (Å²) >= 11 is 1.62. The molecule has 3 aromatic heterocycles. The summed E-state index contributed by atoms with van der Waals surface area (Å²) in [7, 11) is 1.73. The van der Waals surface area contributed by atoms with E-state index in [1.54, 1.807) is 54.7 Å². The van der Waals surface area contributed by atoms with Gasteiger partial charge in [-0.25, -0.2) is 9.78 Å². The Balaban J connectivity index is 1.59. The van der Waals surface area contributed by atoms with Crippen molar-refractivity contribution >= 4 is 17.4 Å². The van der Waals surface area contributed by atoms with Gasteiger partial charge in [0, 0.05) is 36.3 Å². The molecular weight excluding hydrogens is 364 g/mol. The quantitative estimate of drug-likeness (QED) is 0.695. The monoisotopic (exact) mass is 386 g/mol. The van der Waals surface area contributed by atoms with Crippen molar-refractivity contribution in [3.63, 3.8) is 0 Å². The molecule has 27 heavy (non-hydrogen) atoms. The van der Waals surface area contributed by atoms with E-state index in [0.717, 1.165) is 16.3 Å². The molecule has 8 nitrogen and oxygen atoms in total. The number of thiazole rings is 1. The van der Waals surface area contributed by atoms with Crippen LogP contribution in [0.2, 0.25) is 0 Å². The van der Waals surface area contributed by atoms with Crippen LogP contribution in [-0.2, 0) is 6.54 Å². The number of aromatic nitrogens is 4. The molecule has 3 rings (SSSR count). The molecular formula is C18H22N6O2S. The summed E-state index contributed by atoms with van der Waals surface area (Å²) in [5.74, 6) is 1.19. The fraction of sp³-hybridized carbons (Fsp3) is 0.389. The molecule has 3 aromatic rings. The van der Waals surface area contributed by atoms with Crippen LogP contribution in [0.15, 0.2) is 34.4 Å². The third kappa shape index (κ3) is 4.68. The van der Waals surface area contributed by atoms with Gasteiger partial charge in [-0.05, 0) is 19.1 Å². The van der Waals surface area contributed by atoms with E-state index in [0.29, 0.717) is 24.2 Å². The van der Waals surface area contributed by atoms with Gasteiger partial charge in [0.25, 0.3) is 0 Å². The van der Waals surface area contributed by atoms with E-state index in [1.165, 1.54) is 0 Å². The molecule has 0 aromatic carbocycles. The fourth-order valence-electron chi connectivity index (χ4n) is 2.36. The van der Waals surface area contributed by atoms with Crippen molar-refractivity contribution in [3.05, 3.63) is 46.5 Å². The molecule has 2 amide bonds. The molecule has 9 heteroatoms. The highest BCUT2D eigenvalue weighted by Gasteiger charge is 2.20. The highest BCUT2D eigenvalue weighted by atomic mass is 32.1. The first-order valence-electron chi connectivity index (χ1n) is 8.64. The molecule has 0 saturated carbocycles. The van der Waals surface area contributed by atoms with Crippen molar-refractivity contribution in [2.24, 2.45) is 0 Å². The summed E-state index contributed by atoms with van der Waals surface area (Å²) < 4.78 is 5.28. The molecule has 0 aliphatic heterocycles. The van der Waals surface area contributed by atoms with Gasteiger partial charge in [0.15, 0.2) is 0 Å². The van der Waals surface area contributed by atoms with Crippen molar-refractivity contribution in [2.45, 2.75) is 39.3 Å². The van der Waals surface area contributed by atoms with Crippen LogP contribution in [0, 0.1) is 0 Å². The van der Waals surface area contributed by atoms with Gasteiger partial charge in [-0.1, -0.05) is 19.0 Å². The SMILES string of the molecule is CC(C)c1nc(CN(C)C(=O)N[C@H](C)c2nc(-c3ccncc3)no2)cs1. The molecule has 0 aliphatic rings. The Kier molecular flexibility index (Phi) is 5.80. The normalized spacial score (nSPS) is 12.2. The molecule has 142 valence electrons. The molecule has 0 radical (unpaired) electrons. The Labute approximate surface area is 161 Å². The second-order valence-electron chi connectivity index (χ2n) is 6.55. The van der Waals surface area contributed by atoms with Crippen molar-refractivity contribution < 1.29 is 9.32 Å². The lowest BCUT2D eigenvalue weighted by Crippen LogP contribution is -2.38. The van der Waals surface area contributed by atoms with Crippen LogP contribution < -0.4 is 5.32 Å². The largest absolute Gasteiger partial charge is 0.337 e. The van der Waals surface area contributed by atoms with E-state index < -0.39 is 6.04 Å². The zero-order chi connectivity index (χ0) is 19.4. The third-order valence-corrected chi connectivity index (χ3v) is 5.09. The fourth-order valence-corrected chi connectivity index (χ4v) is 3.19. The number of carbonyl (C=O) groups is 1. The summed E-state index contributed by atoms with van der Waals surface area (Å²) in [6.45, 7) is 6.44. The van der Waals surface area contributed by atoms with Crippen LogP contribution in [0.25, 0.3) is 11.4 Å². The molecule has 0 saturated heterocycles. The first kappa shape index (κ1) is 19.0. The van der Waals surface area contributed by atoms with Gasteiger partial charge in [0.05, 0.1) is 17.2 Å². The van der Waals surface area contributed by atoms with Crippen LogP contribution in [0.1, 0.15) is 49.3 Å². The van der Waals surface area contributed by atoms with Gasteiger partial charge in [-0.3, -0.25) is 4.98 Å². The Bertz CT molecular complexity index is 892. The Morgan fingerprint density at radius 2 is 2.00 bits per heavy atom. The number of amides is 2. The lowest BCUT2D eigenvalue weighted by molar-refractivity contribution is 0.200. The number of rotatable bonds is 6. The number of carbonyl (C=O) groups excluding carboxylic acids is 1. The maximum Gasteiger partial charge on any atom is 0.318 e. The van der Waals surface area contributed by atoms with Crippen molar-refractivity contribution in [2.75, 3.05) is 7.05 Å². The van der Waals surface area contributed by atoms with Gasteiger partial charge < -0.3 is 14.7 Å². The van der Waals surface area contributed by atoms with Crippen molar-refractivity contribution in [1.29, 1.82) is 0 Å². The first-order chi connectivity index (χ1) is 12.9. The minimum absolute atomic E-state index is 0.231. The van der Waals surface area contributed by atoms with Crippen LogP contribution in [0.4, 0.5) is 4.79 Å². The van der Waals surface area contributed by atoms with Crippen molar-refractivity contribution in [3.8, 4) is 11.4 Å². The van der Waals surface area contributed by atoms with Gasteiger partial charge in [-0.2, -0.15) is 4.98 Å². The number of nitrogens with zero attached hydrogens (tertiary/aromatic N) is 5. The topological polar surface area (TPSA) is 97.0 Å². The summed E-state index contributed by atoms with van der Waals surface area (Å²) in [6.07, 6.45) is 3.32. The average Bonchev–Trinajstić information content (AvgIpc) is 3.32. The van der Waals surface area contributed by atoms with E-state index >= 15 is 0 Å². The number of nitrogens with one attached hydrogen (secondary N) is 1. The minimum atomic E-state index is -0.412. The standard InChI is InChI=1S/C18H22N6O2S/c1-11(2)17-21-14(10-27-17)9-24(4)18(25)20-12(3)16-22-15(23-26-16)13-5-7-19-8-6-13/h5-8,10-12H,9H2,1-4H3,(H,20,25)/t12-/m1/s1. The Morgan fingerprint density at radius 1 is 1.26 bits per heavy atom. The number of hydrogen-bond donors (Lipinski definition) is 1. The number of hydrogen-bond acceptors (Lipinski definition) is 7. The van der Waals surface area contributed by atoms with Gasteiger partial charge in [-0.15, -0.1) is 11.3 Å². The molecule has 1 atom stereocenters. The molecule has 0 unspecified atom stereocenters. The van der Waals surface area contributed by atoms with E-state index in [2.05, 4.69) is 39.3 Å². The maximum atomic E-state index is 12.4. The lowest BCUT2D eigenvalue weighted by atomic mass is 10.2. The molecule has 0 fully saturated rings. The van der Waals surface area contributed by atoms with E-state index in [-0.39, 0.29) is 6.03 Å². The summed E-state index contributed by atoms with van der Waals surface area (Å²) in [6, 6.07) is 2.95. The van der Waals surface area contributed by atoms with E-state index in [9.17, 15) is 4.79 Å². The molecule has 0 aliphatic carbocycles. The van der Waals surface area contributed by atoms with Gasteiger partial charge >= 0.3 is 6.03 Å². The Hall–Kier alpha value is -2.81. The van der Waals surface area contributed by atoms with Crippen molar-refractivity contribution in [1.82, 2.24) is 30.3 Å². The predicted molar refractivity (Wildman–Crippen MR) is 102 cm³/mol. The van der Waals surface area contributed by atoms with Crippen LogP contribution >= 0.6 is 11.3 Å². The highest BCUT2D eigenvalue weighted by Crippen LogP contribution is 2.20. The average molecular weight is 386 g/mol. The summed E-state index contributed by atoms with van der Waals surface area (Å²) in [4.78, 5) is 26.9. The smallest absolute Gasteiger partial charge is 0.318 e. The van der Waals surface area contributed by atoms with Gasteiger partial charge in [0.1, 0.15) is 6.04 Å². The highest BCUT2D eigenvalue weighted by molar-refractivity contribution is 7.09. The predicted octanol–water partition coefficient (Wildman–Crippen LogP) is 3.61. The zero-order valence-corrected chi connectivity index (χ0v) is 16.5. The summed E-state index contributed by atoms with van der Waals surface area (Å²) in [5, 5.41) is 9.88. The van der Waals surface area contributed by atoms with E-state index in [4.69, 9.17) is 4.52 Å². The summed E-state index contributed by atoms with van der Waals surface area (Å²) in [5.41, 5.74) is 1.69. The van der Waals surface area contributed by atoms with Crippen LogP contribution in [-0.4, -0.2) is 38.1 Å². The second kappa shape index (κ2) is 8.26.